The van der Waals surface area contributed by atoms with Crippen LogP contribution in [-0.4, -0.2) is 35.2 Å². The van der Waals surface area contributed by atoms with Crippen LogP contribution in [0.25, 0.3) is 0 Å². The van der Waals surface area contributed by atoms with Gasteiger partial charge in [-0.25, -0.2) is 0 Å². The first kappa shape index (κ1) is 10.9. The molecule has 1 N–H and O–H groups in total. The number of likely N-dealkylation sites (tertiary alicyclic amines) is 1. The Labute approximate surface area is 119 Å². The van der Waals surface area contributed by atoms with Gasteiger partial charge in [0.2, 0.25) is 0 Å². The number of piperidine rings is 1. The lowest BCUT2D eigenvalue weighted by Crippen LogP contribution is -2.48. The molecule has 1 saturated heterocycles. The Bertz CT molecular complexity index is 469. The average Bonchev–Trinajstić information content (AvgIpc) is 2.52. The lowest BCUT2D eigenvalue weighted by molar-refractivity contribution is 0.00871. The number of aliphatic hydroxyl groups excluding tert-OH is 1. The van der Waals surface area contributed by atoms with Crippen LogP contribution in [0.4, 0.5) is 0 Å². The van der Waals surface area contributed by atoms with Gasteiger partial charge in [0.1, 0.15) is 0 Å². The van der Waals surface area contributed by atoms with E-state index < -0.39 is 12.3 Å². The van der Waals surface area contributed by atoms with Crippen molar-refractivity contribution < 1.29 is 7.85 Å². The van der Waals surface area contributed by atoms with Crippen molar-refractivity contribution in [3.05, 3.63) is 35.9 Å². The minimum atomic E-state index is -0.808. The quantitative estimate of drug-likeness (QED) is 0.886. The maximum absolute atomic E-state index is 10.2. The predicted molar refractivity (Wildman–Crippen MR) is 78.3 cm³/mol. The fraction of sp³-hybridized carbons (Fsp3) is 0.647. The van der Waals surface area contributed by atoms with Crippen LogP contribution < -0.4 is 0 Å². The molecule has 1 heterocycles. The molecular formula is C17H25NO. The van der Waals surface area contributed by atoms with Crippen molar-refractivity contribution in [3.8, 4) is 0 Å². The van der Waals surface area contributed by atoms with E-state index in [1.807, 2.05) is 30.3 Å². The fourth-order valence-corrected chi connectivity index (χ4v) is 3.42. The Kier molecular flexibility index (Phi) is 3.47. The number of nitrogens with zero attached hydrogens (tertiary/aromatic N) is 1. The van der Waals surface area contributed by atoms with E-state index in [4.69, 9.17) is 2.74 Å². The molecule has 2 heteroatoms. The Balaban J connectivity index is 1.72. The van der Waals surface area contributed by atoms with Crippen LogP contribution in [-0.2, 0) is 0 Å². The maximum Gasteiger partial charge on any atom is 0.0695 e. The molecule has 1 saturated carbocycles. The van der Waals surface area contributed by atoms with Crippen LogP contribution >= 0.6 is 0 Å². The standard InChI is InChI=1S/C17H25NO/c19-17-9-5-4-8-16(17)18-12-10-15(11-13-18)14-6-2-1-3-7-14/h1-3,6-7,15-17,19H,4-5,8-13H2/t16-,17-/m1/s1/i10T,15T/t10?,15?,16-,17-. The van der Waals surface area contributed by atoms with Gasteiger partial charge in [0.15, 0.2) is 0 Å². The molecule has 1 aliphatic carbocycles. The van der Waals surface area contributed by atoms with Crippen molar-refractivity contribution in [3.63, 3.8) is 0 Å². The van der Waals surface area contributed by atoms with Crippen LogP contribution in [0.15, 0.2) is 30.3 Å². The second kappa shape index (κ2) is 6.06. The van der Waals surface area contributed by atoms with Gasteiger partial charge >= 0.3 is 0 Å². The van der Waals surface area contributed by atoms with E-state index in [0.29, 0.717) is 13.0 Å². The van der Waals surface area contributed by atoms with Crippen molar-refractivity contribution in [1.82, 2.24) is 4.90 Å². The third kappa shape index (κ3) is 3.01. The number of rotatable bonds is 2. The highest BCUT2D eigenvalue weighted by atomic mass is 16.3. The van der Waals surface area contributed by atoms with E-state index in [2.05, 4.69) is 4.90 Å². The highest BCUT2D eigenvalue weighted by Gasteiger charge is 2.31. The van der Waals surface area contributed by atoms with Crippen molar-refractivity contribution in [2.24, 2.45) is 0 Å². The van der Waals surface area contributed by atoms with Gasteiger partial charge in [0, 0.05) is 8.78 Å². The molecule has 104 valence electrons. The first-order chi connectivity index (χ1) is 10.1. The van der Waals surface area contributed by atoms with E-state index in [1.165, 1.54) is 6.42 Å². The molecular weight excluding hydrogens is 234 g/mol. The number of benzene rings is 1. The van der Waals surface area contributed by atoms with E-state index in [-0.39, 0.29) is 12.1 Å². The lowest BCUT2D eigenvalue weighted by Gasteiger charge is -2.41. The molecule has 19 heavy (non-hydrogen) atoms. The summed E-state index contributed by atoms with van der Waals surface area (Å²) in [5, 5.41) is 10.2. The van der Waals surface area contributed by atoms with Crippen LogP contribution in [0.3, 0.4) is 0 Å². The van der Waals surface area contributed by atoms with Crippen LogP contribution in [0.1, 0.15) is 52.7 Å². The minimum Gasteiger partial charge on any atom is -0.391 e. The molecule has 1 aromatic rings. The van der Waals surface area contributed by atoms with Crippen LogP contribution in [0.5, 0.6) is 0 Å². The van der Waals surface area contributed by atoms with Gasteiger partial charge in [-0.1, -0.05) is 43.2 Å². The zero-order valence-electron chi connectivity index (χ0n) is 13.5. The lowest BCUT2D eigenvalue weighted by atomic mass is 9.86. The number of hydrogen-bond acceptors (Lipinski definition) is 2. The molecule has 3 rings (SSSR count). The minimum absolute atomic E-state index is 0.201. The van der Waals surface area contributed by atoms with Crippen LogP contribution in [0, 0.1) is 0 Å². The molecule has 2 fully saturated rings. The summed E-state index contributed by atoms with van der Waals surface area (Å²) < 4.78 is 17.2. The zero-order chi connectivity index (χ0) is 14.9. The van der Waals surface area contributed by atoms with Crippen molar-refractivity contribution in [2.45, 2.75) is 56.5 Å². The Morgan fingerprint density at radius 3 is 2.63 bits per heavy atom. The van der Waals surface area contributed by atoms with Gasteiger partial charge in [-0.2, -0.15) is 0 Å². The van der Waals surface area contributed by atoms with Gasteiger partial charge in [0.25, 0.3) is 0 Å². The van der Waals surface area contributed by atoms with E-state index in [1.54, 1.807) is 0 Å². The first-order valence-electron chi connectivity index (χ1n) is 8.59. The number of hydrogen-bond donors (Lipinski definition) is 1. The predicted octanol–water partition coefficient (Wildman–Crippen LogP) is 3.17. The summed E-state index contributed by atoms with van der Waals surface area (Å²) in [6, 6.07) is 10.0. The van der Waals surface area contributed by atoms with Gasteiger partial charge < -0.3 is 5.11 Å². The summed E-state index contributed by atoms with van der Waals surface area (Å²) in [5.74, 6) is -0.808. The van der Waals surface area contributed by atoms with Crippen molar-refractivity contribution >= 4 is 0 Å². The van der Waals surface area contributed by atoms with Gasteiger partial charge in [-0.15, -0.1) is 0 Å². The Hall–Kier alpha value is -0.860. The molecule has 0 aromatic heterocycles. The largest absolute Gasteiger partial charge is 0.391 e. The number of aliphatic hydroxyl groups is 1. The van der Waals surface area contributed by atoms with Gasteiger partial charge in [-0.3, -0.25) is 4.90 Å². The summed E-state index contributed by atoms with van der Waals surface area (Å²) in [6.45, 7) is 1.41. The summed E-state index contributed by atoms with van der Waals surface area (Å²) in [7, 11) is 0. The highest BCUT2D eigenvalue weighted by Crippen LogP contribution is 2.31. The smallest absolute Gasteiger partial charge is 0.0695 e. The molecule has 2 nitrogen and oxygen atoms in total. The first-order valence-corrected chi connectivity index (χ1v) is 7.51. The molecule has 0 radical (unpaired) electrons. The summed E-state index contributed by atoms with van der Waals surface area (Å²) >= 11 is 0. The second-order valence-corrected chi connectivity index (χ2v) is 5.76. The van der Waals surface area contributed by atoms with Crippen molar-refractivity contribution in [2.75, 3.05) is 13.1 Å². The molecule has 1 aromatic carbocycles. The van der Waals surface area contributed by atoms with Crippen molar-refractivity contribution in [1.29, 1.82) is 0 Å². The topological polar surface area (TPSA) is 23.5 Å². The third-order valence-corrected chi connectivity index (χ3v) is 4.55. The SMILES string of the molecule is [3H]C1CN([C@@H]2CCCC[C@H]2O)CCC1([3H])c1ccccc1. The fourth-order valence-electron chi connectivity index (χ4n) is 3.42. The van der Waals surface area contributed by atoms with E-state index >= 15 is 0 Å². The van der Waals surface area contributed by atoms with Crippen LogP contribution in [0.2, 0.25) is 0 Å². The third-order valence-electron chi connectivity index (χ3n) is 4.55. The maximum atomic E-state index is 10.2. The van der Waals surface area contributed by atoms with E-state index in [0.717, 1.165) is 31.4 Å². The van der Waals surface area contributed by atoms with E-state index in [9.17, 15) is 5.11 Å². The normalized spacial score (nSPS) is 42.5. The second-order valence-electron chi connectivity index (χ2n) is 5.76. The summed E-state index contributed by atoms with van der Waals surface area (Å²) in [6.07, 6.45) is 4.17. The molecule has 2 aliphatic rings. The van der Waals surface area contributed by atoms with Gasteiger partial charge in [-0.05, 0) is 50.2 Å². The Morgan fingerprint density at radius 1 is 1.11 bits per heavy atom. The molecule has 0 bridgehead atoms. The average molecular weight is 263 g/mol. The molecule has 2 unspecified atom stereocenters. The highest BCUT2D eigenvalue weighted by molar-refractivity contribution is 5.20. The summed E-state index contributed by atoms with van der Waals surface area (Å²) in [4.78, 5) is 2.26. The molecule has 0 spiro atoms. The molecule has 4 atom stereocenters. The molecule has 1 aliphatic heterocycles. The Morgan fingerprint density at radius 2 is 1.89 bits per heavy atom. The zero-order valence-corrected chi connectivity index (χ0v) is 11.5. The monoisotopic (exact) mass is 263 g/mol. The summed E-state index contributed by atoms with van der Waals surface area (Å²) in [5.41, 5.74) is 0.953. The molecule has 0 amide bonds. The van der Waals surface area contributed by atoms with Gasteiger partial charge in [0.05, 0.1) is 6.10 Å².